The molecule has 2 aromatic rings. The van der Waals surface area contributed by atoms with E-state index in [1.54, 1.807) is 0 Å². The molecular formula is C17H12F2. The summed E-state index contributed by atoms with van der Waals surface area (Å²) in [4.78, 5) is 0. The van der Waals surface area contributed by atoms with Gasteiger partial charge in [0.15, 0.2) is 11.6 Å². The van der Waals surface area contributed by atoms with Gasteiger partial charge in [0.05, 0.1) is 0 Å². The number of halogens is 2. The lowest BCUT2D eigenvalue weighted by Gasteiger charge is -1.96. The summed E-state index contributed by atoms with van der Waals surface area (Å²) in [5.41, 5.74) is 2.44. The third kappa shape index (κ3) is 3.53. The number of allylic oxidation sites excluding steroid dienone is 1. The van der Waals surface area contributed by atoms with Crippen LogP contribution < -0.4 is 0 Å². The Morgan fingerprint density at radius 1 is 0.895 bits per heavy atom. The van der Waals surface area contributed by atoms with E-state index in [4.69, 9.17) is 0 Å². The molecule has 0 amide bonds. The molecule has 0 saturated heterocycles. The van der Waals surface area contributed by atoms with Crippen LogP contribution in [0.2, 0.25) is 0 Å². The van der Waals surface area contributed by atoms with Crippen molar-refractivity contribution in [2.45, 2.75) is 6.42 Å². The topological polar surface area (TPSA) is 0 Å². The van der Waals surface area contributed by atoms with Crippen LogP contribution in [0.5, 0.6) is 0 Å². The van der Waals surface area contributed by atoms with Crippen LogP contribution in [0.1, 0.15) is 16.7 Å². The molecule has 0 N–H and O–H groups in total. The second kappa shape index (κ2) is 5.97. The van der Waals surface area contributed by atoms with Crippen LogP contribution >= 0.6 is 0 Å². The van der Waals surface area contributed by atoms with Crippen LogP contribution in [0.4, 0.5) is 8.78 Å². The largest absolute Gasteiger partial charge is 0.204 e. The normalized spacial score (nSPS) is 9.58. The Bertz CT molecular complexity index is 643. The summed E-state index contributed by atoms with van der Waals surface area (Å²) in [6, 6.07) is 11.4. The first-order valence-corrected chi connectivity index (χ1v) is 5.86. The molecule has 0 aliphatic heterocycles. The molecule has 0 bridgehead atoms. The third-order valence-electron chi connectivity index (χ3n) is 2.60. The fourth-order valence-corrected chi connectivity index (χ4v) is 1.61. The number of hydrogen-bond donors (Lipinski definition) is 0. The standard InChI is InChI=1S/C17H12F2/c1-2-3-13-4-6-14(7-5-13)8-9-15-10-11-16(18)17(19)12-15/h2,4-7,10-12H,1,3H2. The predicted molar refractivity (Wildman–Crippen MR) is 72.7 cm³/mol. The maximum atomic E-state index is 13.0. The summed E-state index contributed by atoms with van der Waals surface area (Å²) < 4.78 is 25.7. The molecule has 0 fully saturated rings. The van der Waals surface area contributed by atoms with E-state index in [0.29, 0.717) is 5.56 Å². The zero-order valence-corrected chi connectivity index (χ0v) is 10.3. The SMILES string of the molecule is C=CCc1ccc(C#Cc2ccc(F)c(F)c2)cc1. The molecule has 2 heteroatoms. The van der Waals surface area contributed by atoms with Gasteiger partial charge >= 0.3 is 0 Å². The number of hydrogen-bond acceptors (Lipinski definition) is 0. The summed E-state index contributed by atoms with van der Waals surface area (Å²) in [7, 11) is 0. The average Bonchev–Trinajstić information content (AvgIpc) is 2.42. The Morgan fingerprint density at radius 2 is 1.53 bits per heavy atom. The smallest absolute Gasteiger partial charge is 0.160 e. The van der Waals surface area contributed by atoms with E-state index < -0.39 is 11.6 Å². The fourth-order valence-electron chi connectivity index (χ4n) is 1.61. The lowest BCUT2D eigenvalue weighted by Crippen LogP contribution is -1.85. The molecule has 0 atom stereocenters. The molecule has 0 aliphatic rings. The molecule has 0 heterocycles. The third-order valence-corrected chi connectivity index (χ3v) is 2.60. The number of benzene rings is 2. The van der Waals surface area contributed by atoms with E-state index in [9.17, 15) is 8.78 Å². The van der Waals surface area contributed by atoms with Gasteiger partial charge in [0, 0.05) is 11.1 Å². The molecule has 0 nitrogen and oxygen atoms in total. The highest BCUT2D eigenvalue weighted by Crippen LogP contribution is 2.08. The van der Waals surface area contributed by atoms with Crippen molar-refractivity contribution in [3.05, 3.63) is 83.4 Å². The highest BCUT2D eigenvalue weighted by molar-refractivity contribution is 5.43. The molecule has 0 unspecified atom stereocenters. The lowest BCUT2D eigenvalue weighted by molar-refractivity contribution is 0.508. The highest BCUT2D eigenvalue weighted by atomic mass is 19.2. The zero-order chi connectivity index (χ0) is 13.7. The Hall–Kier alpha value is -2.40. The fraction of sp³-hybridized carbons (Fsp3) is 0.0588. The summed E-state index contributed by atoms with van der Waals surface area (Å²) in [5.74, 6) is 3.97. The Morgan fingerprint density at radius 3 is 2.16 bits per heavy atom. The average molecular weight is 254 g/mol. The Labute approximate surface area is 111 Å². The van der Waals surface area contributed by atoms with Gasteiger partial charge in [-0.1, -0.05) is 30.0 Å². The number of rotatable bonds is 2. The molecule has 2 rings (SSSR count). The molecule has 0 spiro atoms. The predicted octanol–water partition coefficient (Wildman–Crippen LogP) is 4.09. The highest BCUT2D eigenvalue weighted by Gasteiger charge is 1.99. The molecule has 19 heavy (non-hydrogen) atoms. The summed E-state index contributed by atoms with van der Waals surface area (Å²) >= 11 is 0. The molecular weight excluding hydrogens is 242 g/mol. The summed E-state index contributed by atoms with van der Waals surface area (Å²) in [6.45, 7) is 3.68. The molecule has 0 radical (unpaired) electrons. The minimum atomic E-state index is -0.881. The first-order valence-electron chi connectivity index (χ1n) is 5.86. The van der Waals surface area contributed by atoms with Crippen LogP contribution in [0, 0.1) is 23.5 Å². The van der Waals surface area contributed by atoms with Crippen LogP contribution in [0.25, 0.3) is 0 Å². The maximum absolute atomic E-state index is 13.0. The molecule has 0 aromatic heterocycles. The van der Waals surface area contributed by atoms with Crippen molar-refractivity contribution in [1.29, 1.82) is 0 Å². The lowest BCUT2D eigenvalue weighted by atomic mass is 10.1. The second-order valence-electron chi connectivity index (χ2n) is 4.07. The maximum Gasteiger partial charge on any atom is 0.160 e. The van der Waals surface area contributed by atoms with Crippen molar-refractivity contribution >= 4 is 0 Å². The van der Waals surface area contributed by atoms with Crippen molar-refractivity contribution in [2.75, 3.05) is 0 Å². The van der Waals surface area contributed by atoms with E-state index in [2.05, 4.69) is 18.4 Å². The van der Waals surface area contributed by atoms with Gasteiger partial charge in [-0.3, -0.25) is 0 Å². The van der Waals surface area contributed by atoms with E-state index in [-0.39, 0.29) is 0 Å². The molecule has 2 aromatic carbocycles. The molecule has 0 aliphatic carbocycles. The van der Waals surface area contributed by atoms with E-state index in [1.165, 1.54) is 6.07 Å². The Kier molecular flexibility index (Phi) is 4.10. The van der Waals surface area contributed by atoms with Crippen molar-refractivity contribution in [2.24, 2.45) is 0 Å². The van der Waals surface area contributed by atoms with Gasteiger partial charge < -0.3 is 0 Å². The van der Waals surface area contributed by atoms with Crippen LogP contribution in [0.3, 0.4) is 0 Å². The van der Waals surface area contributed by atoms with E-state index >= 15 is 0 Å². The van der Waals surface area contributed by atoms with Gasteiger partial charge in [-0.25, -0.2) is 8.78 Å². The van der Waals surface area contributed by atoms with Gasteiger partial charge in [-0.15, -0.1) is 6.58 Å². The molecule has 94 valence electrons. The van der Waals surface area contributed by atoms with Crippen molar-refractivity contribution in [3.8, 4) is 11.8 Å². The molecule has 0 saturated carbocycles. The van der Waals surface area contributed by atoms with Gasteiger partial charge in [-0.05, 0) is 42.3 Å². The monoisotopic (exact) mass is 254 g/mol. The second-order valence-corrected chi connectivity index (χ2v) is 4.07. The van der Waals surface area contributed by atoms with E-state index in [0.717, 1.165) is 29.7 Å². The van der Waals surface area contributed by atoms with Gasteiger partial charge in [-0.2, -0.15) is 0 Å². The summed E-state index contributed by atoms with van der Waals surface area (Å²) in [6.07, 6.45) is 2.65. The van der Waals surface area contributed by atoms with Crippen LogP contribution in [-0.4, -0.2) is 0 Å². The first kappa shape index (κ1) is 13.0. The minimum Gasteiger partial charge on any atom is -0.204 e. The van der Waals surface area contributed by atoms with Gasteiger partial charge in [0.1, 0.15) is 0 Å². The van der Waals surface area contributed by atoms with Gasteiger partial charge in [0.2, 0.25) is 0 Å². The quantitative estimate of drug-likeness (QED) is 0.559. The summed E-state index contributed by atoms with van der Waals surface area (Å²) in [5, 5.41) is 0. The van der Waals surface area contributed by atoms with Crippen LogP contribution in [-0.2, 0) is 6.42 Å². The minimum absolute atomic E-state index is 0.453. The Balaban J connectivity index is 2.18. The zero-order valence-electron chi connectivity index (χ0n) is 10.3. The van der Waals surface area contributed by atoms with Crippen molar-refractivity contribution in [1.82, 2.24) is 0 Å². The van der Waals surface area contributed by atoms with Gasteiger partial charge in [0.25, 0.3) is 0 Å². The van der Waals surface area contributed by atoms with Crippen molar-refractivity contribution in [3.63, 3.8) is 0 Å². The van der Waals surface area contributed by atoms with Crippen LogP contribution in [0.15, 0.2) is 55.1 Å². The van der Waals surface area contributed by atoms with E-state index in [1.807, 2.05) is 30.3 Å². The van der Waals surface area contributed by atoms with Crippen molar-refractivity contribution < 1.29 is 8.78 Å². The first-order chi connectivity index (χ1) is 9.19.